The van der Waals surface area contributed by atoms with E-state index in [9.17, 15) is 0 Å². The van der Waals surface area contributed by atoms with Gasteiger partial charge in [-0.2, -0.15) is 0 Å². The van der Waals surface area contributed by atoms with Crippen LogP contribution >= 0.6 is 0 Å². The van der Waals surface area contributed by atoms with Crippen LogP contribution in [0.1, 0.15) is 30.3 Å². The molecular formula is C15H19N3. The molecule has 3 rings (SSSR count). The molecule has 18 heavy (non-hydrogen) atoms. The fourth-order valence-electron chi connectivity index (χ4n) is 2.66. The number of fused-ring (bicyclic) bond motifs is 1. The van der Waals surface area contributed by atoms with Gasteiger partial charge in [-0.25, -0.2) is 4.98 Å². The molecule has 1 heterocycles. The van der Waals surface area contributed by atoms with E-state index < -0.39 is 0 Å². The van der Waals surface area contributed by atoms with E-state index in [0.29, 0.717) is 0 Å². The number of imidazole rings is 1. The molecule has 1 aromatic heterocycles. The maximum Gasteiger partial charge on any atom is 0.108 e. The highest BCUT2D eigenvalue weighted by atomic mass is 14.9. The molecule has 3 heteroatoms. The molecule has 0 amide bonds. The summed E-state index contributed by atoms with van der Waals surface area (Å²) in [6.07, 6.45) is 6.44. The largest absolute Gasteiger partial charge is 0.342 e. The van der Waals surface area contributed by atoms with E-state index in [1.807, 2.05) is 13.1 Å². The first-order valence-electron chi connectivity index (χ1n) is 6.64. The fraction of sp³-hybridized carbons (Fsp3) is 0.400. The van der Waals surface area contributed by atoms with Gasteiger partial charge >= 0.3 is 0 Å². The summed E-state index contributed by atoms with van der Waals surface area (Å²) in [5, 5.41) is 0. The number of aryl methyl sites for hydroxylation is 2. The van der Waals surface area contributed by atoms with Crippen LogP contribution in [0.25, 0.3) is 11.3 Å². The van der Waals surface area contributed by atoms with Gasteiger partial charge in [0.2, 0.25) is 0 Å². The Hall–Kier alpha value is -1.61. The van der Waals surface area contributed by atoms with Crippen LogP contribution in [-0.2, 0) is 19.3 Å². The second kappa shape index (κ2) is 4.58. The van der Waals surface area contributed by atoms with Crippen molar-refractivity contribution >= 4 is 0 Å². The van der Waals surface area contributed by atoms with Gasteiger partial charge in [-0.3, -0.25) is 0 Å². The van der Waals surface area contributed by atoms with Crippen LogP contribution < -0.4 is 5.73 Å². The Kier molecular flexibility index (Phi) is 2.92. The zero-order valence-electron chi connectivity index (χ0n) is 10.7. The number of H-pyrrole nitrogens is 1. The quantitative estimate of drug-likeness (QED) is 0.867. The third-order valence-corrected chi connectivity index (χ3v) is 3.55. The predicted octanol–water partition coefficient (Wildman–Crippen LogP) is 2.46. The summed E-state index contributed by atoms with van der Waals surface area (Å²) in [5.41, 5.74) is 11.1. The summed E-state index contributed by atoms with van der Waals surface area (Å²) in [7, 11) is 0. The molecule has 0 bridgehead atoms. The van der Waals surface area contributed by atoms with Crippen LogP contribution in [0.3, 0.4) is 0 Å². The Balaban J connectivity index is 1.88. The van der Waals surface area contributed by atoms with Crippen LogP contribution in [0.5, 0.6) is 0 Å². The maximum absolute atomic E-state index is 5.79. The van der Waals surface area contributed by atoms with Crippen molar-refractivity contribution in [2.45, 2.75) is 38.6 Å². The molecule has 3 N–H and O–H groups in total. The third-order valence-electron chi connectivity index (χ3n) is 3.55. The SMILES string of the molecule is CC(N)Cc1ncc(-c2ccc3c(c2)CCC3)[nH]1. The highest BCUT2D eigenvalue weighted by molar-refractivity contribution is 5.61. The Labute approximate surface area is 107 Å². The van der Waals surface area contributed by atoms with Gasteiger partial charge < -0.3 is 10.7 Å². The predicted molar refractivity (Wildman–Crippen MR) is 73.4 cm³/mol. The van der Waals surface area contributed by atoms with Crippen molar-refractivity contribution in [2.24, 2.45) is 5.73 Å². The average Bonchev–Trinajstić information content (AvgIpc) is 2.95. The van der Waals surface area contributed by atoms with E-state index in [-0.39, 0.29) is 6.04 Å². The van der Waals surface area contributed by atoms with Gasteiger partial charge in [0.15, 0.2) is 0 Å². The fourth-order valence-corrected chi connectivity index (χ4v) is 2.66. The first-order chi connectivity index (χ1) is 8.72. The topological polar surface area (TPSA) is 54.7 Å². The Morgan fingerprint density at radius 3 is 3.00 bits per heavy atom. The summed E-state index contributed by atoms with van der Waals surface area (Å²) >= 11 is 0. The molecule has 94 valence electrons. The molecular weight excluding hydrogens is 222 g/mol. The highest BCUT2D eigenvalue weighted by Crippen LogP contribution is 2.27. The van der Waals surface area contributed by atoms with Gasteiger partial charge in [-0.05, 0) is 48.9 Å². The van der Waals surface area contributed by atoms with Gasteiger partial charge in [0.25, 0.3) is 0 Å². The highest BCUT2D eigenvalue weighted by Gasteiger charge is 2.12. The van der Waals surface area contributed by atoms with Crippen LogP contribution in [-0.4, -0.2) is 16.0 Å². The molecule has 1 aliphatic carbocycles. The summed E-state index contributed by atoms with van der Waals surface area (Å²) < 4.78 is 0. The summed E-state index contributed by atoms with van der Waals surface area (Å²) in [4.78, 5) is 7.75. The van der Waals surface area contributed by atoms with Crippen molar-refractivity contribution in [1.29, 1.82) is 0 Å². The van der Waals surface area contributed by atoms with Crippen molar-refractivity contribution in [2.75, 3.05) is 0 Å². The van der Waals surface area contributed by atoms with Crippen LogP contribution in [0.4, 0.5) is 0 Å². The molecule has 1 aliphatic rings. The van der Waals surface area contributed by atoms with Crippen molar-refractivity contribution < 1.29 is 0 Å². The van der Waals surface area contributed by atoms with E-state index in [0.717, 1.165) is 17.9 Å². The first kappa shape index (κ1) is 11.5. The van der Waals surface area contributed by atoms with E-state index in [1.54, 1.807) is 0 Å². The second-order valence-corrected chi connectivity index (χ2v) is 5.26. The second-order valence-electron chi connectivity index (χ2n) is 5.26. The standard InChI is InChI=1S/C15H19N3/c1-10(16)7-15-17-9-14(18-15)13-6-5-11-3-2-4-12(11)8-13/h5-6,8-10H,2-4,7,16H2,1H3,(H,17,18). The lowest BCUT2D eigenvalue weighted by molar-refractivity contribution is 0.710. The first-order valence-corrected chi connectivity index (χ1v) is 6.64. The van der Waals surface area contributed by atoms with Crippen LogP contribution in [0, 0.1) is 0 Å². The molecule has 0 radical (unpaired) electrons. The molecule has 1 unspecified atom stereocenters. The van der Waals surface area contributed by atoms with Gasteiger partial charge in [-0.15, -0.1) is 0 Å². The zero-order valence-corrected chi connectivity index (χ0v) is 10.7. The van der Waals surface area contributed by atoms with Crippen LogP contribution in [0.2, 0.25) is 0 Å². The minimum atomic E-state index is 0.143. The number of nitrogens with two attached hydrogens (primary N) is 1. The lowest BCUT2D eigenvalue weighted by atomic mass is 10.0. The monoisotopic (exact) mass is 241 g/mol. The van der Waals surface area contributed by atoms with Gasteiger partial charge in [0, 0.05) is 12.5 Å². The van der Waals surface area contributed by atoms with Gasteiger partial charge in [-0.1, -0.05) is 12.1 Å². The van der Waals surface area contributed by atoms with E-state index in [4.69, 9.17) is 5.73 Å². The van der Waals surface area contributed by atoms with Crippen molar-refractivity contribution in [3.8, 4) is 11.3 Å². The number of aromatic nitrogens is 2. The third kappa shape index (κ3) is 2.18. The number of aromatic amines is 1. The number of hydrogen-bond donors (Lipinski definition) is 2. The van der Waals surface area contributed by atoms with E-state index in [1.165, 1.54) is 36.0 Å². The number of nitrogens with one attached hydrogen (secondary N) is 1. The average molecular weight is 241 g/mol. The molecule has 1 atom stereocenters. The van der Waals surface area contributed by atoms with Gasteiger partial charge in [0.05, 0.1) is 11.9 Å². The maximum atomic E-state index is 5.79. The van der Waals surface area contributed by atoms with Crippen LogP contribution in [0.15, 0.2) is 24.4 Å². The molecule has 0 saturated heterocycles. The number of rotatable bonds is 3. The summed E-state index contributed by atoms with van der Waals surface area (Å²) in [6.45, 7) is 2.00. The molecule has 1 aromatic carbocycles. The zero-order chi connectivity index (χ0) is 12.5. The van der Waals surface area contributed by atoms with Crippen molar-refractivity contribution in [3.05, 3.63) is 41.3 Å². The summed E-state index contributed by atoms with van der Waals surface area (Å²) in [6, 6.07) is 6.88. The number of nitrogens with zero attached hydrogens (tertiary/aromatic N) is 1. The summed E-state index contributed by atoms with van der Waals surface area (Å²) in [5.74, 6) is 0.973. The van der Waals surface area contributed by atoms with Crippen molar-refractivity contribution in [3.63, 3.8) is 0 Å². The minimum absolute atomic E-state index is 0.143. The molecule has 0 saturated carbocycles. The lowest BCUT2D eigenvalue weighted by Gasteiger charge is -2.03. The normalized spacial score (nSPS) is 15.7. The van der Waals surface area contributed by atoms with Gasteiger partial charge in [0.1, 0.15) is 5.82 Å². The molecule has 2 aromatic rings. The molecule has 3 nitrogen and oxygen atoms in total. The van der Waals surface area contributed by atoms with E-state index >= 15 is 0 Å². The number of benzene rings is 1. The smallest absolute Gasteiger partial charge is 0.108 e. The minimum Gasteiger partial charge on any atom is -0.342 e. The molecule has 0 spiro atoms. The lowest BCUT2D eigenvalue weighted by Crippen LogP contribution is -2.18. The Morgan fingerprint density at radius 1 is 1.33 bits per heavy atom. The number of hydrogen-bond acceptors (Lipinski definition) is 2. The molecule has 0 aliphatic heterocycles. The van der Waals surface area contributed by atoms with E-state index in [2.05, 4.69) is 28.2 Å². The Morgan fingerprint density at radius 2 is 2.17 bits per heavy atom. The molecule has 0 fully saturated rings. The van der Waals surface area contributed by atoms with Crippen molar-refractivity contribution in [1.82, 2.24) is 9.97 Å². The Bertz CT molecular complexity index is 555.